The van der Waals surface area contributed by atoms with Gasteiger partial charge in [-0.05, 0) is 6.92 Å². The maximum absolute atomic E-state index is 9.19. The van der Waals surface area contributed by atoms with Crippen molar-refractivity contribution in [3.8, 4) is 0 Å². The summed E-state index contributed by atoms with van der Waals surface area (Å²) in [6.45, 7) is 1.78. The van der Waals surface area contributed by atoms with Gasteiger partial charge in [-0.15, -0.1) is 0 Å². The van der Waals surface area contributed by atoms with Gasteiger partial charge in [0.05, 0.1) is 6.26 Å². The molecule has 3 N–H and O–H groups in total. The Kier molecular flexibility index (Phi) is 7.00. The van der Waals surface area contributed by atoms with Gasteiger partial charge in [-0.3, -0.25) is 4.55 Å². The molecule has 0 fully saturated rings. The second-order valence-corrected chi connectivity index (χ2v) is 3.14. The molecule has 0 aromatic carbocycles. The van der Waals surface area contributed by atoms with Gasteiger partial charge in [0.1, 0.15) is 6.23 Å². The van der Waals surface area contributed by atoms with E-state index in [9.17, 15) is 8.42 Å². The van der Waals surface area contributed by atoms with Gasteiger partial charge in [0, 0.05) is 7.11 Å². The number of methoxy groups -OCH3 is 1. The van der Waals surface area contributed by atoms with Crippen LogP contribution in [-0.2, 0) is 14.9 Å². The van der Waals surface area contributed by atoms with Crippen molar-refractivity contribution in [1.82, 2.24) is 0 Å². The van der Waals surface area contributed by atoms with E-state index in [1.807, 2.05) is 0 Å². The fourth-order valence-electron chi connectivity index (χ4n) is 0. The number of hydrogen-bond acceptors (Lipinski definition) is 4. The molecule has 0 aliphatic heterocycles. The van der Waals surface area contributed by atoms with Crippen LogP contribution in [0.25, 0.3) is 0 Å². The molecular weight excluding hydrogens is 158 g/mol. The lowest BCUT2D eigenvalue weighted by Crippen LogP contribution is -2.15. The Morgan fingerprint density at radius 1 is 1.60 bits per heavy atom. The normalized spacial score (nSPS) is 13.3. The van der Waals surface area contributed by atoms with Crippen molar-refractivity contribution in [2.24, 2.45) is 5.73 Å². The van der Waals surface area contributed by atoms with Gasteiger partial charge >= 0.3 is 0 Å². The van der Waals surface area contributed by atoms with Crippen molar-refractivity contribution >= 4 is 10.1 Å². The molecule has 0 aliphatic rings. The second kappa shape index (κ2) is 5.60. The van der Waals surface area contributed by atoms with E-state index in [0.29, 0.717) is 6.26 Å². The Bertz CT molecular complexity index is 143. The summed E-state index contributed by atoms with van der Waals surface area (Å²) in [7, 11) is -2.09. The molecule has 0 amide bonds. The predicted molar refractivity (Wildman–Crippen MR) is 38.1 cm³/mol. The zero-order valence-electron chi connectivity index (χ0n) is 6.23. The van der Waals surface area contributed by atoms with Crippen LogP contribution in [0.1, 0.15) is 6.92 Å². The van der Waals surface area contributed by atoms with Crippen molar-refractivity contribution in [2.75, 3.05) is 13.4 Å². The first-order valence-electron chi connectivity index (χ1n) is 2.48. The molecule has 0 heterocycles. The topological polar surface area (TPSA) is 89.6 Å². The highest BCUT2D eigenvalue weighted by molar-refractivity contribution is 7.85. The van der Waals surface area contributed by atoms with Crippen LogP contribution in [0.2, 0.25) is 0 Å². The summed E-state index contributed by atoms with van der Waals surface area (Å²) >= 11 is 0. The summed E-state index contributed by atoms with van der Waals surface area (Å²) in [4.78, 5) is 0. The lowest BCUT2D eigenvalue weighted by atomic mass is 10.7. The second-order valence-electron chi connectivity index (χ2n) is 1.67. The third-order valence-electron chi connectivity index (χ3n) is 0.372. The average molecular weight is 171 g/mol. The average Bonchev–Trinajstić information content (AvgIpc) is 1.61. The molecular formula is C4H13NO4S. The lowest BCUT2D eigenvalue weighted by Gasteiger charge is -1.95. The summed E-state index contributed by atoms with van der Waals surface area (Å²) < 4.78 is 30.4. The molecule has 0 saturated carbocycles. The van der Waals surface area contributed by atoms with E-state index in [1.165, 1.54) is 0 Å². The molecule has 0 spiro atoms. The summed E-state index contributed by atoms with van der Waals surface area (Å²) in [6, 6.07) is 0. The van der Waals surface area contributed by atoms with Gasteiger partial charge in [0.15, 0.2) is 0 Å². The third kappa shape index (κ3) is 109. The quantitative estimate of drug-likeness (QED) is 0.408. The summed E-state index contributed by atoms with van der Waals surface area (Å²) in [6.07, 6.45) is 0.600. The van der Waals surface area contributed by atoms with Crippen LogP contribution in [0.15, 0.2) is 0 Å². The van der Waals surface area contributed by atoms with Crippen LogP contribution in [0.5, 0.6) is 0 Å². The van der Waals surface area contributed by atoms with Crippen LogP contribution >= 0.6 is 0 Å². The Hall–Kier alpha value is -0.170. The molecule has 0 aliphatic carbocycles. The SMILES string of the molecule is COC(C)N.CS(=O)(=O)O. The van der Waals surface area contributed by atoms with Gasteiger partial charge in [0.2, 0.25) is 0 Å². The van der Waals surface area contributed by atoms with Crippen molar-refractivity contribution < 1.29 is 17.7 Å². The van der Waals surface area contributed by atoms with Crippen molar-refractivity contribution in [2.45, 2.75) is 13.2 Å². The molecule has 0 aromatic heterocycles. The highest BCUT2D eigenvalue weighted by Gasteiger charge is 1.81. The molecule has 0 radical (unpaired) electrons. The Labute approximate surface area is 60.9 Å². The molecule has 64 valence electrons. The number of hydrogen-bond donors (Lipinski definition) is 2. The van der Waals surface area contributed by atoms with Crippen LogP contribution in [-0.4, -0.2) is 32.6 Å². The van der Waals surface area contributed by atoms with E-state index in [2.05, 4.69) is 4.74 Å². The zero-order chi connectivity index (χ0) is 8.78. The summed E-state index contributed by atoms with van der Waals surface area (Å²) in [5.41, 5.74) is 5.07. The molecule has 0 saturated heterocycles. The van der Waals surface area contributed by atoms with Crippen molar-refractivity contribution in [3.05, 3.63) is 0 Å². The van der Waals surface area contributed by atoms with Gasteiger partial charge in [0.25, 0.3) is 10.1 Å². The highest BCUT2D eigenvalue weighted by Crippen LogP contribution is 1.66. The lowest BCUT2D eigenvalue weighted by molar-refractivity contribution is 0.124. The van der Waals surface area contributed by atoms with E-state index in [0.717, 1.165) is 0 Å². The van der Waals surface area contributed by atoms with E-state index < -0.39 is 10.1 Å². The van der Waals surface area contributed by atoms with Crippen molar-refractivity contribution in [3.63, 3.8) is 0 Å². The molecule has 0 bridgehead atoms. The van der Waals surface area contributed by atoms with Crippen LogP contribution < -0.4 is 5.73 Å². The fraction of sp³-hybridized carbons (Fsp3) is 1.00. The molecule has 6 heteroatoms. The van der Waals surface area contributed by atoms with Crippen molar-refractivity contribution in [1.29, 1.82) is 0 Å². The Morgan fingerprint density at radius 2 is 1.70 bits per heavy atom. The monoisotopic (exact) mass is 171 g/mol. The summed E-state index contributed by atoms with van der Waals surface area (Å²) in [5, 5.41) is 0. The molecule has 0 aromatic rings. The van der Waals surface area contributed by atoms with E-state index in [-0.39, 0.29) is 6.23 Å². The number of rotatable bonds is 1. The Morgan fingerprint density at radius 3 is 1.70 bits per heavy atom. The zero-order valence-corrected chi connectivity index (χ0v) is 7.05. The molecule has 10 heavy (non-hydrogen) atoms. The van der Waals surface area contributed by atoms with Crippen LogP contribution in [0.3, 0.4) is 0 Å². The minimum atomic E-state index is -3.67. The first kappa shape index (κ1) is 12.5. The molecule has 5 nitrogen and oxygen atoms in total. The minimum absolute atomic E-state index is 0.116. The van der Waals surface area contributed by atoms with E-state index in [1.54, 1.807) is 14.0 Å². The molecule has 1 atom stereocenters. The predicted octanol–water partition coefficient (Wildman–Crippen LogP) is -0.558. The van der Waals surface area contributed by atoms with Crippen LogP contribution in [0, 0.1) is 0 Å². The molecule has 1 unspecified atom stereocenters. The number of ether oxygens (including phenoxy) is 1. The first-order valence-corrected chi connectivity index (χ1v) is 4.33. The smallest absolute Gasteiger partial charge is 0.261 e. The minimum Gasteiger partial charge on any atom is -0.367 e. The van der Waals surface area contributed by atoms with Crippen LogP contribution in [0.4, 0.5) is 0 Å². The third-order valence-corrected chi connectivity index (χ3v) is 0.372. The maximum atomic E-state index is 9.19. The van der Waals surface area contributed by atoms with E-state index in [4.69, 9.17) is 10.3 Å². The number of nitrogens with two attached hydrogens (primary N) is 1. The fourth-order valence-corrected chi connectivity index (χ4v) is 0. The first-order chi connectivity index (χ1) is 4.27. The van der Waals surface area contributed by atoms with Gasteiger partial charge in [-0.25, -0.2) is 0 Å². The van der Waals surface area contributed by atoms with Gasteiger partial charge in [-0.1, -0.05) is 0 Å². The van der Waals surface area contributed by atoms with Gasteiger partial charge < -0.3 is 10.5 Å². The Balaban J connectivity index is 0. The van der Waals surface area contributed by atoms with Gasteiger partial charge in [-0.2, -0.15) is 8.42 Å². The summed E-state index contributed by atoms with van der Waals surface area (Å²) in [5.74, 6) is 0. The standard InChI is InChI=1S/C3H9NO.CH4O3S/c1-3(4)5-2;1-5(2,3)4/h3H,4H2,1-2H3;1H3,(H,2,3,4). The van der Waals surface area contributed by atoms with E-state index >= 15 is 0 Å². The molecule has 0 rings (SSSR count). The maximum Gasteiger partial charge on any atom is 0.261 e. The largest absolute Gasteiger partial charge is 0.367 e. The highest BCUT2D eigenvalue weighted by atomic mass is 32.2.